The second kappa shape index (κ2) is 6.89. The Morgan fingerprint density at radius 2 is 2.23 bits per heavy atom. The normalized spacial score (nSPS) is 14.6. The van der Waals surface area contributed by atoms with E-state index in [-0.39, 0.29) is 5.91 Å². The van der Waals surface area contributed by atoms with Crippen molar-refractivity contribution in [1.29, 1.82) is 0 Å². The largest absolute Gasteiger partial charge is 0.465 e. The zero-order valence-electron chi connectivity index (χ0n) is 12.2. The van der Waals surface area contributed by atoms with Crippen molar-refractivity contribution in [1.82, 2.24) is 15.3 Å². The minimum Gasteiger partial charge on any atom is -0.465 e. The Morgan fingerprint density at radius 3 is 3.00 bits per heavy atom. The van der Waals surface area contributed by atoms with Crippen molar-refractivity contribution in [2.45, 2.75) is 19.4 Å². The molecule has 0 spiro atoms. The molecule has 6 heteroatoms. The Kier molecular flexibility index (Phi) is 4.48. The number of rotatable bonds is 5. The average molecular weight is 298 g/mol. The zero-order valence-corrected chi connectivity index (χ0v) is 12.2. The number of anilines is 1. The van der Waals surface area contributed by atoms with E-state index in [0.29, 0.717) is 12.3 Å². The summed E-state index contributed by atoms with van der Waals surface area (Å²) in [6.45, 7) is 2.38. The molecule has 1 fully saturated rings. The SMILES string of the molecule is O=C(/C=C/c1ccco1)NCc1ccnc(N2CCCC2)n1. The number of amides is 1. The molecule has 0 bridgehead atoms. The molecule has 0 radical (unpaired) electrons. The lowest BCUT2D eigenvalue weighted by Crippen LogP contribution is -2.23. The molecule has 3 rings (SSSR count). The molecule has 2 aromatic heterocycles. The molecule has 6 nitrogen and oxygen atoms in total. The highest BCUT2D eigenvalue weighted by atomic mass is 16.3. The Bertz CT molecular complexity index is 646. The molecule has 2 aromatic rings. The van der Waals surface area contributed by atoms with Crippen molar-refractivity contribution in [2.75, 3.05) is 18.0 Å². The van der Waals surface area contributed by atoms with E-state index in [1.165, 1.54) is 18.9 Å². The van der Waals surface area contributed by atoms with Crippen molar-refractivity contribution >= 4 is 17.9 Å². The van der Waals surface area contributed by atoms with Gasteiger partial charge in [0.1, 0.15) is 5.76 Å². The number of carbonyl (C=O) groups excluding carboxylic acids is 1. The van der Waals surface area contributed by atoms with Gasteiger partial charge in [-0.05, 0) is 37.1 Å². The van der Waals surface area contributed by atoms with Crippen molar-refractivity contribution in [3.63, 3.8) is 0 Å². The Hall–Kier alpha value is -2.63. The van der Waals surface area contributed by atoms with Crippen LogP contribution in [0.3, 0.4) is 0 Å². The standard InChI is InChI=1S/C16H18N4O2/c21-15(6-5-14-4-3-11-22-14)18-12-13-7-8-17-16(19-13)20-9-1-2-10-20/h3-8,11H,1-2,9-10,12H2,(H,18,21)/b6-5+. The summed E-state index contributed by atoms with van der Waals surface area (Å²) in [5.74, 6) is 1.21. The number of nitrogens with zero attached hydrogens (tertiary/aromatic N) is 3. The lowest BCUT2D eigenvalue weighted by atomic mass is 10.3. The monoisotopic (exact) mass is 298 g/mol. The summed E-state index contributed by atoms with van der Waals surface area (Å²) in [5.41, 5.74) is 0.802. The minimum atomic E-state index is -0.183. The molecule has 22 heavy (non-hydrogen) atoms. The molecule has 114 valence electrons. The van der Waals surface area contributed by atoms with Gasteiger partial charge in [0.15, 0.2) is 0 Å². The summed E-state index contributed by atoms with van der Waals surface area (Å²) < 4.78 is 5.13. The summed E-state index contributed by atoms with van der Waals surface area (Å²) in [5, 5.41) is 2.80. The third-order valence-electron chi connectivity index (χ3n) is 3.48. The van der Waals surface area contributed by atoms with Gasteiger partial charge in [0.05, 0.1) is 18.5 Å². The molecule has 0 atom stereocenters. The van der Waals surface area contributed by atoms with Crippen molar-refractivity contribution in [3.05, 3.63) is 48.2 Å². The summed E-state index contributed by atoms with van der Waals surface area (Å²) >= 11 is 0. The van der Waals surface area contributed by atoms with Crippen molar-refractivity contribution in [3.8, 4) is 0 Å². The Balaban J connectivity index is 1.54. The van der Waals surface area contributed by atoms with Gasteiger partial charge in [-0.25, -0.2) is 9.97 Å². The highest BCUT2D eigenvalue weighted by Crippen LogP contribution is 2.15. The van der Waals surface area contributed by atoms with Gasteiger partial charge < -0.3 is 14.6 Å². The topological polar surface area (TPSA) is 71.3 Å². The van der Waals surface area contributed by atoms with E-state index in [4.69, 9.17) is 4.42 Å². The van der Waals surface area contributed by atoms with Gasteiger partial charge in [0.25, 0.3) is 0 Å². The van der Waals surface area contributed by atoms with Crippen LogP contribution in [0.1, 0.15) is 24.3 Å². The van der Waals surface area contributed by atoms with Gasteiger partial charge in [-0.2, -0.15) is 0 Å². The second-order valence-electron chi connectivity index (χ2n) is 5.11. The summed E-state index contributed by atoms with van der Waals surface area (Å²) in [4.78, 5) is 22.7. The molecule has 1 amide bonds. The van der Waals surface area contributed by atoms with E-state index >= 15 is 0 Å². The maximum atomic E-state index is 11.8. The van der Waals surface area contributed by atoms with Crippen LogP contribution >= 0.6 is 0 Å². The zero-order chi connectivity index (χ0) is 15.2. The first-order valence-electron chi connectivity index (χ1n) is 7.37. The molecule has 1 aliphatic heterocycles. The maximum Gasteiger partial charge on any atom is 0.244 e. The van der Waals surface area contributed by atoms with E-state index < -0.39 is 0 Å². The van der Waals surface area contributed by atoms with E-state index in [1.807, 2.05) is 6.07 Å². The number of carbonyl (C=O) groups is 1. The first kappa shape index (κ1) is 14.3. The van der Waals surface area contributed by atoms with Gasteiger partial charge in [-0.1, -0.05) is 0 Å². The quantitative estimate of drug-likeness (QED) is 0.855. The molecular formula is C16H18N4O2. The van der Waals surface area contributed by atoms with E-state index in [9.17, 15) is 4.79 Å². The van der Waals surface area contributed by atoms with E-state index in [1.54, 1.807) is 30.7 Å². The van der Waals surface area contributed by atoms with Gasteiger partial charge in [-0.3, -0.25) is 4.79 Å². The second-order valence-corrected chi connectivity index (χ2v) is 5.11. The van der Waals surface area contributed by atoms with Crippen molar-refractivity contribution in [2.24, 2.45) is 0 Å². The van der Waals surface area contributed by atoms with Gasteiger partial charge in [-0.15, -0.1) is 0 Å². The molecule has 1 N–H and O–H groups in total. The van der Waals surface area contributed by atoms with Crippen molar-refractivity contribution < 1.29 is 9.21 Å². The average Bonchev–Trinajstić information content (AvgIpc) is 3.24. The van der Waals surface area contributed by atoms with Crippen LogP contribution in [-0.2, 0) is 11.3 Å². The van der Waals surface area contributed by atoms with Crippen LogP contribution in [0.25, 0.3) is 6.08 Å². The predicted molar refractivity (Wildman–Crippen MR) is 83.1 cm³/mol. The predicted octanol–water partition coefficient (Wildman–Crippen LogP) is 2.00. The molecule has 3 heterocycles. The first-order chi connectivity index (χ1) is 10.8. The number of aromatic nitrogens is 2. The third kappa shape index (κ3) is 3.72. The fraction of sp³-hybridized carbons (Fsp3) is 0.312. The Morgan fingerprint density at radius 1 is 1.36 bits per heavy atom. The summed E-state index contributed by atoms with van der Waals surface area (Å²) in [6.07, 6.45) is 8.75. The fourth-order valence-corrected chi connectivity index (χ4v) is 2.33. The van der Waals surface area contributed by atoms with Crippen LogP contribution in [-0.4, -0.2) is 29.0 Å². The fourth-order valence-electron chi connectivity index (χ4n) is 2.33. The summed E-state index contributed by atoms with van der Waals surface area (Å²) in [6, 6.07) is 5.38. The van der Waals surface area contributed by atoms with Crippen LogP contribution in [0, 0.1) is 0 Å². The van der Waals surface area contributed by atoms with Gasteiger partial charge in [0.2, 0.25) is 11.9 Å². The van der Waals surface area contributed by atoms with E-state index in [2.05, 4.69) is 20.2 Å². The highest BCUT2D eigenvalue weighted by molar-refractivity contribution is 5.91. The molecule has 1 saturated heterocycles. The molecular weight excluding hydrogens is 280 g/mol. The van der Waals surface area contributed by atoms with Crippen LogP contribution in [0.4, 0.5) is 5.95 Å². The number of hydrogen-bond acceptors (Lipinski definition) is 5. The number of furan rings is 1. The molecule has 1 aliphatic rings. The van der Waals surface area contributed by atoms with Crippen LogP contribution < -0.4 is 10.2 Å². The molecule has 0 unspecified atom stereocenters. The van der Waals surface area contributed by atoms with Crippen LogP contribution in [0.2, 0.25) is 0 Å². The van der Waals surface area contributed by atoms with E-state index in [0.717, 1.165) is 24.7 Å². The van der Waals surface area contributed by atoms with Gasteiger partial charge >= 0.3 is 0 Å². The number of hydrogen-bond donors (Lipinski definition) is 1. The maximum absolute atomic E-state index is 11.8. The lowest BCUT2D eigenvalue weighted by molar-refractivity contribution is -0.116. The molecule has 0 aromatic carbocycles. The molecule has 0 aliphatic carbocycles. The van der Waals surface area contributed by atoms with Gasteiger partial charge in [0, 0.05) is 25.4 Å². The third-order valence-corrected chi connectivity index (χ3v) is 3.48. The first-order valence-corrected chi connectivity index (χ1v) is 7.37. The summed E-state index contributed by atoms with van der Waals surface area (Å²) in [7, 11) is 0. The van der Waals surface area contributed by atoms with Crippen LogP contribution in [0.15, 0.2) is 41.2 Å². The number of nitrogens with one attached hydrogen (secondary N) is 1. The highest BCUT2D eigenvalue weighted by Gasteiger charge is 2.14. The smallest absolute Gasteiger partial charge is 0.244 e. The lowest BCUT2D eigenvalue weighted by Gasteiger charge is -2.15. The van der Waals surface area contributed by atoms with Crippen LogP contribution in [0.5, 0.6) is 0 Å². The Labute approximate surface area is 128 Å². The minimum absolute atomic E-state index is 0.183. The molecule has 0 saturated carbocycles.